The number of para-hydroxylation sites is 2. The van der Waals surface area contributed by atoms with E-state index < -0.39 is 0 Å². The highest BCUT2D eigenvalue weighted by Crippen LogP contribution is 2.29. The van der Waals surface area contributed by atoms with Gasteiger partial charge in [0.2, 0.25) is 5.91 Å². The number of nitrogens with zero attached hydrogens (tertiary/aromatic N) is 3. The van der Waals surface area contributed by atoms with Gasteiger partial charge < -0.3 is 10.1 Å². The van der Waals surface area contributed by atoms with Crippen LogP contribution >= 0.6 is 0 Å². The molecular weight excluding hydrogens is 392 g/mol. The van der Waals surface area contributed by atoms with Gasteiger partial charge >= 0.3 is 0 Å². The number of benzene rings is 3. The predicted molar refractivity (Wildman–Crippen MR) is 121 cm³/mol. The number of methoxy groups -OCH3 is 1. The summed E-state index contributed by atoms with van der Waals surface area (Å²) in [6.45, 7) is -0.119. The molecule has 0 aromatic heterocycles. The van der Waals surface area contributed by atoms with Crippen molar-refractivity contribution in [2.24, 2.45) is 10.2 Å². The van der Waals surface area contributed by atoms with Crippen LogP contribution in [0.4, 0.5) is 11.4 Å². The van der Waals surface area contributed by atoms with Crippen molar-refractivity contribution in [2.45, 2.75) is 0 Å². The molecule has 0 radical (unpaired) electrons. The first-order chi connectivity index (χ1) is 15.2. The third-order valence-electron chi connectivity index (χ3n) is 4.74. The van der Waals surface area contributed by atoms with Gasteiger partial charge in [0.15, 0.2) is 5.71 Å². The minimum atomic E-state index is -0.365. The summed E-state index contributed by atoms with van der Waals surface area (Å²) in [5, 5.41) is 11.0. The molecule has 2 amide bonds. The summed E-state index contributed by atoms with van der Waals surface area (Å²) in [7, 11) is 1.60. The Morgan fingerprint density at radius 2 is 1.71 bits per heavy atom. The number of ether oxygens (including phenoxy) is 1. The molecule has 0 atom stereocenters. The van der Waals surface area contributed by atoms with Crippen LogP contribution in [-0.2, 0) is 9.59 Å². The number of carbonyl (C=O) groups excluding carboxylic acids is 2. The average molecular weight is 412 g/mol. The second-order valence-electron chi connectivity index (χ2n) is 6.79. The lowest BCUT2D eigenvalue weighted by Crippen LogP contribution is -2.37. The van der Waals surface area contributed by atoms with Crippen LogP contribution in [0, 0.1) is 0 Å². The van der Waals surface area contributed by atoms with Gasteiger partial charge in [-0.25, -0.2) is 0 Å². The van der Waals surface area contributed by atoms with Gasteiger partial charge in [-0.2, -0.15) is 5.10 Å². The molecule has 3 aromatic rings. The minimum absolute atomic E-state index is 0.119. The average Bonchev–Trinajstić information content (AvgIpc) is 3.06. The van der Waals surface area contributed by atoms with Crippen LogP contribution in [0.3, 0.4) is 0 Å². The molecule has 0 spiro atoms. The monoisotopic (exact) mass is 412 g/mol. The van der Waals surface area contributed by atoms with Crippen LogP contribution in [0.5, 0.6) is 5.75 Å². The zero-order chi connectivity index (χ0) is 21.6. The van der Waals surface area contributed by atoms with Gasteiger partial charge in [-0.15, -0.1) is 5.10 Å². The maximum atomic E-state index is 13.0. The summed E-state index contributed by atoms with van der Waals surface area (Å²) in [4.78, 5) is 26.9. The predicted octanol–water partition coefficient (Wildman–Crippen LogP) is 3.50. The maximum Gasteiger partial charge on any atom is 0.279 e. The van der Waals surface area contributed by atoms with Gasteiger partial charge in [-0.05, 0) is 48.0 Å². The third-order valence-corrected chi connectivity index (χ3v) is 4.74. The summed E-state index contributed by atoms with van der Waals surface area (Å²) in [6, 6.07) is 23.6. The lowest BCUT2D eigenvalue weighted by molar-refractivity contribution is -0.118. The number of hydrogen-bond acceptors (Lipinski definition) is 5. The fourth-order valence-electron chi connectivity index (χ4n) is 3.22. The molecule has 0 unspecified atom stereocenters. The van der Waals surface area contributed by atoms with Crippen molar-refractivity contribution in [3.05, 3.63) is 90.0 Å². The van der Waals surface area contributed by atoms with Crippen LogP contribution in [0.1, 0.15) is 11.1 Å². The van der Waals surface area contributed by atoms with E-state index in [-0.39, 0.29) is 24.1 Å². The number of anilines is 2. The molecule has 1 aliphatic rings. The molecular formula is C24H20N4O3. The van der Waals surface area contributed by atoms with Gasteiger partial charge in [-0.1, -0.05) is 36.4 Å². The van der Waals surface area contributed by atoms with E-state index in [4.69, 9.17) is 4.74 Å². The Hall–Kier alpha value is -4.26. The van der Waals surface area contributed by atoms with Crippen LogP contribution < -0.4 is 15.0 Å². The van der Waals surface area contributed by atoms with Gasteiger partial charge in [0.25, 0.3) is 5.91 Å². The Labute approximate surface area is 179 Å². The van der Waals surface area contributed by atoms with E-state index in [1.807, 2.05) is 54.6 Å². The molecule has 154 valence electrons. The Morgan fingerprint density at radius 1 is 1.00 bits per heavy atom. The molecule has 1 aliphatic heterocycles. The Morgan fingerprint density at radius 3 is 2.45 bits per heavy atom. The van der Waals surface area contributed by atoms with Crippen molar-refractivity contribution in [2.75, 3.05) is 23.9 Å². The number of fused-ring (bicyclic) bond motifs is 1. The number of carbonyl (C=O) groups is 2. The Balaban J connectivity index is 1.53. The molecule has 7 heteroatoms. The number of nitrogens with one attached hydrogen (secondary N) is 1. The molecule has 0 saturated carbocycles. The summed E-state index contributed by atoms with van der Waals surface area (Å²) >= 11 is 0. The van der Waals surface area contributed by atoms with E-state index in [0.717, 1.165) is 11.3 Å². The highest BCUT2D eigenvalue weighted by atomic mass is 16.5. The summed E-state index contributed by atoms with van der Waals surface area (Å²) in [5.74, 6) is 0.0846. The topological polar surface area (TPSA) is 83.4 Å². The highest BCUT2D eigenvalue weighted by Gasteiger charge is 2.35. The molecule has 4 rings (SSSR count). The zero-order valence-electron chi connectivity index (χ0n) is 16.9. The zero-order valence-corrected chi connectivity index (χ0v) is 16.9. The van der Waals surface area contributed by atoms with Crippen molar-refractivity contribution in [1.82, 2.24) is 0 Å². The van der Waals surface area contributed by atoms with Crippen molar-refractivity contribution < 1.29 is 14.3 Å². The first-order valence-electron chi connectivity index (χ1n) is 9.67. The molecule has 0 bridgehead atoms. The Kier molecular flexibility index (Phi) is 5.84. The Bertz CT molecular complexity index is 1150. The van der Waals surface area contributed by atoms with Crippen LogP contribution in [0.25, 0.3) is 0 Å². The molecule has 31 heavy (non-hydrogen) atoms. The second-order valence-corrected chi connectivity index (χ2v) is 6.79. The van der Waals surface area contributed by atoms with Gasteiger partial charge in [-0.3, -0.25) is 14.5 Å². The van der Waals surface area contributed by atoms with E-state index in [2.05, 4.69) is 15.5 Å². The van der Waals surface area contributed by atoms with Crippen LogP contribution in [0.2, 0.25) is 0 Å². The van der Waals surface area contributed by atoms with Crippen LogP contribution in [-0.4, -0.2) is 37.4 Å². The smallest absolute Gasteiger partial charge is 0.279 e. The molecule has 0 saturated heterocycles. The lowest BCUT2D eigenvalue weighted by atomic mass is 10.1. The normalized spacial score (nSPS) is 14.2. The van der Waals surface area contributed by atoms with Gasteiger partial charge in [0.1, 0.15) is 12.3 Å². The number of rotatable bonds is 6. The van der Waals surface area contributed by atoms with E-state index in [1.54, 1.807) is 37.6 Å². The third kappa shape index (κ3) is 4.51. The van der Waals surface area contributed by atoms with Crippen molar-refractivity contribution in [3.8, 4) is 5.75 Å². The van der Waals surface area contributed by atoms with Crippen molar-refractivity contribution >= 4 is 35.1 Å². The van der Waals surface area contributed by atoms with Crippen molar-refractivity contribution in [1.29, 1.82) is 0 Å². The first-order valence-corrected chi connectivity index (χ1v) is 9.67. The fraction of sp³-hybridized carbons (Fsp3) is 0.0833. The minimum Gasteiger partial charge on any atom is -0.497 e. The summed E-state index contributed by atoms with van der Waals surface area (Å²) in [5.41, 5.74) is 2.97. The molecule has 7 nitrogen and oxygen atoms in total. The van der Waals surface area contributed by atoms with E-state index in [9.17, 15) is 9.59 Å². The fourth-order valence-corrected chi connectivity index (χ4v) is 3.22. The quantitative estimate of drug-likeness (QED) is 0.497. The number of amides is 2. The van der Waals surface area contributed by atoms with E-state index in [0.29, 0.717) is 16.9 Å². The molecule has 1 N–H and O–H groups in total. The molecule has 3 aromatic carbocycles. The van der Waals surface area contributed by atoms with Crippen molar-refractivity contribution in [3.63, 3.8) is 0 Å². The second kappa shape index (κ2) is 9.04. The van der Waals surface area contributed by atoms with E-state index >= 15 is 0 Å². The largest absolute Gasteiger partial charge is 0.497 e. The number of hydrogen-bond donors (Lipinski definition) is 1. The molecule has 0 fully saturated rings. The van der Waals surface area contributed by atoms with Gasteiger partial charge in [0.05, 0.1) is 19.0 Å². The molecule has 1 heterocycles. The summed E-state index contributed by atoms with van der Waals surface area (Å²) < 4.78 is 5.13. The molecule has 0 aliphatic carbocycles. The summed E-state index contributed by atoms with van der Waals surface area (Å²) in [6.07, 6.45) is 1.56. The first kappa shape index (κ1) is 20.0. The van der Waals surface area contributed by atoms with Gasteiger partial charge in [0, 0.05) is 11.3 Å². The highest BCUT2D eigenvalue weighted by molar-refractivity contribution is 6.54. The standard InChI is InChI=1S/C24H20N4O3/c1-31-19-13-11-17(12-14-19)15-25-27-23-20-9-5-6-10-21(20)28(24(23)30)16-22(29)26-18-7-3-2-4-8-18/h2-15H,16H2,1H3,(H,26,29). The van der Waals surface area contributed by atoms with Crippen LogP contribution in [0.15, 0.2) is 89.1 Å². The SMILES string of the molecule is COc1ccc(C=NN=C2C(=O)N(CC(=O)Nc3ccccc3)c3ccccc32)cc1. The van der Waals surface area contributed by atoms with E-state index in [1.165, 1.54) is 4.90 Å². The lowest BCUT2D eigenvalue weighted by Gasteiger charge is -2.16. The maximum absolute atomic E-state index is 13.0.